The van der Waals surface area contributed by atoms with E-state index >= 15 is 0 Å². The van der Waals surface area contributed by atoms with Crippen molar-refractivity contribution < 1.29 is 4.74 Å². The van der Waals surface area contributed by atoms with Gasteiger partial charge in [-0.1, -0.05) is 31.5 Å². The maximum atomic E-state index is 5.54. The Bertz CT molecular complexity index is 340. The van der Waals surface area contributed by atoms with E-state index in [9.17, 15) is 0 Å². The molecule has 0 heterocycles. The lowest BCUT2D eigenvalue weighted by atomic mass is 10.3. The van der Waals surface area contributed by atoms with Crippen molar-refractivity contribution in [3.05, 3.63) is 30.3 Å². The fourth-order valence-corrected chi connectivity index (χ4v) is 1.36. The summed E-state index contributed by atoms with van der Waals surface area (Å²) in [5, 5.41) is 3.09. The van der Waals surface area contributed by atoms with Crippen LogP contribution in [0.4, 0.5) is 0 Å². The van der Waals surface area contributed by atoms with Gasteiger partial charge >= 0.3 is 0 Å². The molecule has 0 aromatic heterocycles. The van der Waals surface area contributed by atoms with Crippen molar-refractivity contribution >= 4 is 5.96 Å². The summed E-state index contributed by atoms with van der Waals surface area (Å²) in [5.41, 5.74) is 2.54. The third-order valence-electron chi connectivity index (χ3n) is 2.32. The van der Waals surface area contributed by atoms with Crippen molar-refractivity contribution in [2.24, 2.45) is 10.8 Å². The van der Waals surface area contributed by atoms with Crippen molar-refractivity contribution in [3.63, 3.8) is 0 Å². The Hall–Kier alpha value is -1.75. The molecule has 1 aromatic carbocycles. The van der Waals surface area contributed by atoms with E-state index in [2.05, 4.69) is 22.7 Å². The maximum Gasteiger partial charge on any atom is 0.205 e. The Labute approximate surface area is 108 Å². The summed E-state index contributed by atoms with van der Waals surface area (Å²) < 4.78 is 5.54. The second-order valence-electron chi connectivity index (χ2n) is 3.82. The van der Waals surface area contributed by atoms with Crippen molar-refractivity contribution in [2.75, 3.05) is 19.7 Å². The predicted octanol–water partition coefficient (Wildman–Crippen LogP) is 1.27. The van der Waals surface area contributed by atoms with Crippen LogP contribution in [-0.4, -0.2) is 25.7 Å². The molecule has 5 heteroatoms. The molecule has 0 aliphatic rings. The number of ether oxygens (including phenoxy) is 1. The van der Waals surface area contributed by atoms with Gasteiger partial charge in [0.1, 0.15) is 12.4 Å². The van der Waals surface area contributed by atoms with Gasteiger partial charge in [0, 0.05) is 6.54 Å². The summed E-state index contributed by atoms with van der Waals surface area (Å²) in [7, 11) is 0. The summed E-state index contributed by atoms with van der Waals surface area (Å²) >= 11 is 0. The van der Waals surface area contributed by atoms with E-state index in [-0.39, 0.29) is 0 Å². The Morgan fingerprint density at radius 3 is 2.78 bits per heavy atom. The number of guanidine groups is 1. The average Bonchev–Trinajstić information content (AvgIpc) is 2.43. The van der Waals surface area contributed by atoms with Gasteiger partial charge in [0.05, 0.1) is 6.54 Å². The largest absolute Gasteiger partial charge is 0.492 e. The monoisotopic (exact) mass is 250 g/mol. The first-order valence-corrected chi connectivity index (χ1v) is 6.29. The Kier molecular flexibility index (Phi) is 7.39. The first-order chi connectivity index (χ1) is 8.86. The van der Waals surface area contributed by atoms with Gasteiger partial charge in [-0.05, 0) is 18.6 Å². The number of nitrogens with two attached hydrogens (primary N) is 1. The number of para-hydroxylation sites is 1. The smallest absolute Gasteiger partial charge is 0.205 e. The molecular weight excluding hydrogens is 228 g/mol. The van der Waals surface area contributed by atoms with Crippen LogP contribution in [0.25, 0.3) is 0 Å². The molecule has 0 aliphatic carbocycles. The van der Waals surface area contributed by atoms with Gasteiger partial charge in [0.15, 0.2) is 0 Å². The van der Waals surface area contributed by atoms with E-state index in [4.69, 9.17) is 10.6 Å². The lowest BCUT2D eigenvalue weighted by Gasteiger charge is -2.10. The number of hydrogen-bond acceptors (Lipinski definition) is 3. The van der Waals surface area contributed by atoms with Crippen molar-refractivity contribution in [1.29, 1.82) is 0 Å². The van der Waals surface area contributed by atoms with E-state index in [0.717, 1.165) is 25.1 Å². The summed E-state index contributed by atoms with van der Waals surface area (Å²) in [6.45, 7) is 4.14. The Morgan fingerprint density at radius 1 is 1.33 bits per heavy atom. The number of hydrazine groups is 1. The van der Waals surface area contributed by atoms with E-state index in [1.165, 1.54) is 0 Å². The third-order valence-corrected chi connectivity index (χ3v) is 2.32. The van der Waals surface area contributed by atoms with E-state index in [1.54, 1.807) is 0 Å². The number of rotatable bonds is 7. The molecule has 18 heavy (non-hydrogen) atoms. The molecule has 0 radical (unpaired) electrons. The zero-order valence-corrected chi connectivity index (χ0v) is 10.9. The van der Waals surface area contributed by atoms with Crippen LogP contribution in [0.15, 0.2) is 35.3 Å². The van der Waals surface area contributed by atoms with Crippen molar-refractivity contribution in [1.82, 2.24) is 10.7 Å². The molecule has 4 N–H and O–H groups in total. The fourth-order valence-electron chi connectivity index (χ4n) is 1.36. The standard InChI is InChI=1S/C13H22N4O/c1-2-3-9-15-13(17-14)16-10-11-18-12-7-5-4-6-8-12/h4-8H,2-3,9-11,14H2,1H3,(H2,15,16,17). The van der Waals surface area contributed by atoms with Gasteiger partial charge in [-0.2, -0.15) is 0 Å². The highest BCUT2D eigenvalue weighted by atomic mass is 16.5. The molecule has 0 amide bonds. The zero-order chi connectivity index (χ0) is 13.1. The van der Waals surface area contributed by atoms with Crippen LogP contribution in [0.5, 0.6) is 5.75 Å². The van der Waals surface area contributed by atoms with Crippen molar-refractivity contribution in [2.45, 2.75) is 19.8 Å². The lowest BCUT2D eigenvalue weighted by molar-refractivity contribution is 0.322. The van der Waals surface area contributed by atoms with Gasteiger partial charge in [-0.15, -0.1) is 0 Å². The highest BCUT2D eigenvalue weighted by molar-refractivity contribution is 5.79. The highest BCUT2D eigenvalue weighted by Crippen LogP contribution is 2.07. The average molecular weight is 250 g/mol. The lowest BCUT2D eigenvalue weighted by Crippen LogP contribution is -2.43. The molecule has 1 aromatic rings. The van der Waals surface area contributed by atoms with Gasteiger partial charge in [0.2, 0.25) is 5.96 Å². The van der Waals surface area contributed by atoms with Crippen LogP contribution >= 0.6 is 0 Å². The van der Waals surface area contributed by atoms with Gasteiger partial charge in [-0.3, -0.25) is 10.4 Å². The number of aliphatic imine (C=N–C) groups is 1. The minimum Gasteiger partial charge on any atom is -0.492 e. The maximum absolute atomic E-state index is 5.54. The SMILES string of the molecule is CCCCN=C(NN)NCCOc1ccccc1. The van der Waals surface area contributed by atoms with Gasteiger partial charge < -0.3 is 10.1 Å². The molecule has 0 spiro atoms. The van der Waals surface area contributed by atoms with Crippen LogP contribution in [0.2, 0.25) is 0 Å². The van der Waals surface area contributed by atoms with Gasteiger partial charge in [0.25, 0.3) is 0 Å². The summed E-state index contributed by atoms with van der Waals surface area (Å²) in [6.07, 6.45) is 2.19. The second kappa shape index (κ2) is 9.30. The molecule has 0 bridgehead atoms. The minimum absolute atomic E-state index is 0.568. The van der Waals surface area contributed by atoms with Gasteiger partial charge in [-0.25, -0.2) is 5.84 Å². The molecule has 5 nitrogen and oxygen atoms in total. The summed E-state index contributed by atoms with van der Waals surface area (Å²) in [6, 6.07) is 9.71. The number of benzene rings is 1. The molecule has 0 unspecified atom stereocenters. The van der Waals surface area contributed by atoms with Crippen LogP contribution < -0.4 is 21.3 Å². The molecule has 0 aliphatic heterocycles. The molecule has 0 atom stereocenters. The van der Waals surface area contributed by atoms with Crippen molar-refractivity contribution in [3.8, 4) is 5.75 Å². The molecule has 0 saturated heterocycles. The third kappa shape index (κ3) is 6.10. The predicted molar refractivity (Wildman–Crippen MR) is 74.5 cm³/mol. The first-order valence-electron chi connectivity index (χ1n) is 6.29. The second-order valence-corrected chi connectivity index (χ2v) is 3.82. The first kappa shape index (κ1) is 14.3. The highest BCUT2D eigenvalue weighted by Gasteiger charge is 1.95. The van der Waals surface area contributed by atoms with Crippen LogP contribution in [0.1, 0.15) is 19.8 Å². The minimum atomic E-state index is 0.568. The van der Waals surface area contributed by atoms with E-state index < -0.39 is 0 Å². The summed E-state index contributed by atoms with van der Waals surface area (Å²) in [5.74, 6) is 6.84. The molecular formula is C13H22N4O. The Morgan fingerprint density at radius 2 is 2.11 bits per heavy atom. The van der Waals surface area contributed by atoms with Crippen LogP contribution in [-0.2, 0) is 0 Å². The molecule has 1 rings (SSSR count). The van der Waals surface area contributed by atoms with E-state index in [0.29, 0.717) is 19.1 Å². The fraction of sp³-hybridized carbons (Fsp3) is 0.462. The van der Waals surface area contributed by atoms with Crippen LogP contribution in [0, 0.1) is 0 Å². The van der Waals surface area contributed by atoms with Crippen LogP contribution in [0.3, 0.4) is 0 Å². The van der Waals surface area contributed by atoms with E-state index in [1.807, 2.05) is 30.3 Å². The number of unbranched alkanes of at least 4 members (excludes halogenated alkanes) is 1. The zero-order valence-electron chi connectivity index (χ0n) is 10.9. The number of hydrogen-bond donors (Lipinski definition) is 3. The Balaban J connectivity index is 2.17. The number of nitrogens with zero attached hydrogens (tertiary/aromatic N) is 1. The molecule has 0 saturated carbocycles. The quantitative estimate of drug-likeness (QED) is 0.224. The molecule has 0 fully saturated rings. The normalized spacial score (nSPS) is 11.1. The number of nitrogens with one attached hydrogen (secondary N) is 2. The summed E-state index contributed by atoms with van der Waals surface area (Å²) in [4.78, 5) is 4.29. The molecule has 100 valence electrons. The topological polar surface area (TPSA) is 71.7 Å².